The van der Waals surface area contributed by atoms with Crippen LogP contribution in [0.5, 0.6) is 0 Å². The highest BCUT2D eigenvalue weighted by Gasteiger charge is 2.51. The molecule has 1 aromatic rings. The van der Waals surface area contributed by atoms with E-state index in [1.54, 1.807) is 6.92 Å². The molecule has 2 N–H and O–H groups in total. The number of aliphatic hydroxyl groups is 1. The smallest absolute Gasteiger partial charge is 0.412 e. The van der Waals surface area contributed by atoms with Gasteiger partial charge in [0.25, 0.3) is 5.69 Å². The lowest BCUT2D eigenvalue weighted by atomic mass is 10.1. The van der Waals surface area contributed by atoms with Crippen LogP contribution in [0.4, 0.5) is 15.3 Å². The molecule has 0 saturated carbocycles. The first-order valence-electron chi connectivity index (χ1n) is 8.22. The Kier molecular flexibility index (Phi) is 4.68. The Hall–Kier alpha value is -2.88. The summed E-state index contributed by atoms with van der Waals surface area (Å²) >= 11 is 0. The lowest BCUT2D eigenvalue weighted by molar-refractivity contribution is -0.384. The maximum atomic E-state index is 12.5. The monoisotopic (exact) mass is 364 g/mol. The zero-order valence-corrected chi connectivity index (χ0v) is 14.3. The highest BCUT2D eigenvalue weighted by atomic mass is 16.6. The van der Waals surface area contributed by atoms with Crippen LogP contribution < -0.4 is 5.32 Å². The summed E-state index contributed by atoms with van der Waals surface area (Å²) in [5, 5.41) is 23.4. The third-order valence-corrected chi connectivity index (χ3v) is 4.77. The molecule has 0 aliphatic carbocycles. The minimum absolute atomic E-state index is 0.0460. The lowest BCUT2D eigenvalue weighted by Crippen LogP contribution is -2.58. The molecule has 2 heterocycles. The number of nitrogens with zero attached hydrogens (tertiary/aromatic N) is 3. The number of rotatable bonds is 4. The average molecular weight is 364 g/mol. The number of aliphatic hydroxyl groups excluding tert-OH is 1. The number of non-ortho nitro benzene ring substituents is 1. The van der Waals surface area contributed by atoms with Crippen molar-refractivity contribution >= 4 is 17.8 Å². The van der Waals surface area contributed by atoms with Crippen molar-refractivity contribution in [2.75, 3.05) is 19.6 Å². The molecular formula is C16H20N4O6. The number of hydrogen-bond donors (Lipinski definition) is 2. The first-order valence-corrected chi connectivity index (χ1v) is 8.22. The van der Waals surface area contributed by atoms with E-state index in [1.165, 1.54) is 34.1 Å². The Bertz CT molecular complexity index is 724. The number of nitro benzene ring substituents is 1. The van der Waals surface area contributed by atoms with E-state index in [-0.39, 0.29) is 31.3 Å². The van der Waals surface area contributed by atoms with Gasteiger partial charge in [0.2, 0.25) is 0 Å². The Balaban J connectivity index is 1.67. The van der Waals surface area contributed by atoms with Crippen molar-refractivity contribution in [2.24, 2.45) is 0 Å². The van der Waals surface area contributed by atoms with Crippen LogP contribution in [0, 0.1) is 10.1 Å². The summed E-state index contributed by atoms with van der Waals surface area (Å²) in [4.78, 5) is 37.6. The van der Waals surface area contributed by atoms with Crippen LogP contribution in [-0.4, -0.2) is 63.4 Å². The van der Waals surface area contributed by atoms with Crippen LogP contribution in [0.2, 0.25) is 0 Å². The second-order valence-corrected chi connectivity index (χ2v) is 6.55. The first-order chi connectivity index (χ1) is 12.3. The van der Waals surface area contributed by atoms with E-state index in [2.05, 4.69) is 5.32 Å². The summed E-state index contributed by atoms with van der Waals surface area (Å²) in [6.45, 7) is 2.65. The molecule has 26 heavy (non-hydrogen) atoms. The Morgan fingerprint density at radius 3 is 2.73 bits per heavy atom. The van der Waals surface area contributed by atoms with E-state index in [9.17, 15) is 24.8 Å². The number of carbonyl (C=O) groups excluding carboxylic acids is 2. The van der Waals surface area contributed by atoms with Crippen molar-refractivity contribution in [2.45, 2.75) is 31.7 Å². The van der Waals surface area contributed by atoms with Gasteiger partial charge in [0.05, 0.1) is 17.6 Å². The first kappa shape index (κ1) is 17.9. The summed E-state index contributed by atoms with van der Waals surface area (Å²) in [5.74, 6) is 0. The number of nitro groups is 1. The van der Waals surface area contributed by atoms with Crippen molar-refractivity contribution in [3.05, 3.63) is 39.9 Å². The van der Waals surface area contributed by atoms with Gasteiger partial charge in [0, 0.05) is 31.6 Å². The number of hydrogen-bond acceptors (Lipinski definition) is 6. The number of benzene rings is 1. The Labute approximate surface area is 149 Å². The molecule has 0 spiro atoms. The topological polar surface area (TPSA) is 125 Å². The van der Waals surface area contributed by atoms with Gasteiger partial charge in [-0.25, -0.2) is 9.59 Å². The molecule has 2 saturated heterocycles. The van der Waals surface area contributed by atoms with Crippen molar-refractivity contribution < 1.29 is 24.4 Å². The molecular weight excluding hydrogens is 344 g/mol. The third kappa shape index (κ3) is 3.27. The normalized spacial score (nSPS) is 25.3. The van der Waals surface area contributed by atoms with Crippen LogP contribution in [0.15, 0.2) is 24.3 Å². The Morgan fingerprint density at radius 2 is 2.15 bits per heavy atom. The minimum atomic E-state index is -0.966. The van der Waals surface area contributed by atoms with Crippen LogP contribution >= 0.6 is 0 Å². The third-order valence-electron chi connectivity index (χ3n) is 4.77. The van der Waals surface area contributed by atoms with E-state index in [4.69, 9.17) is 4.74 Å². The molecule has 0 bridgehead atoms. The molecule has 10 nitrogen and oxygen atoms in total. The standard InChI is InChI=1S/C16H20N4O6/c1-16(18-7-6-17-14(18)22)8-13(21)9-19(16)15(23)26-10-11-2-4-12(5-3-11)20(24)25/h2-5,13,21H,6-10H2,1H3,(H,17,22)/t13-,16+/m1/s1. The largest absolute Gasteiger partial charge is 0.444 e. The van der Waals surface area contributed by atoms with E-state index in [0.717, 1.165) is 0 Å². The van der Waals surface area contributed by atoms with Crippen LogP contribution in [0.1, 0.15) is 18.9 Å². The van der Waals surface area contributed by atoms with Crippen LogP contribution in [0.3, 0.4) is 0 Å². The molecule has 3 rings (SSSR count). The van der Waals surface area contributed by atoms with Crippen molar-refractivity contribution in [1.29, 1.82) is 0 Å². The summed E-state index contributed by atoms with van der Waals surface area (Å²) < 4.78 is 5.30. The van der Waals surface area contributed by atoms with Gasteiger partial charge in [-0.2, -0.15) is 0 Å². The highest BCUT2D eigenvalue weighted by Crippen LogP contribution is 2.34. The number of β-amino-alcohol motifs (C(OH)–C–C–N with tert-alkyl or cyclic N) is 1. The van der Waals surface area contributed by atoms with Gasteiger partial charge in [-0.05, 0) is 24.6 Å². The predicted molar refractivity (Wildman–Crippen MR) is 89.1 cm³/mol. The summed E-state index contributed by atoms with van der Waals surface area (Å²) in [5.41, 5.74) is -0.410. The molecule has 0 aromatic heterocycles. The second kappa shape index (κ2) is 6.79. The molecule has 2 aliphatic rings. The van der Waals surface area contributed by atoms with Gasteiger partial charge < -0.3 is 15.2 Å². The van der Waals surface area contributed by atoms with Gasteiger partial charge in [-0.1, -0.05) is 0 Å². The molecule has 2 aliphatic heterocycles. The van der Waals surface area contributed by atoms with Crippen molar-refractivity contribution in [3.63, 3.8) is 0 Å². The maximum Gasteiger partial charge on any atom is 0.412 e. The number of nitrogens with one attached hydrogen (secondary N) is 1. The van der Waals surface area contributed by atoms with Gasteiger partial charge in [-0.3, -0.25) is 19.9 Å². The summed E-state index contributed by atoms with van der Waals surface area (Å²) in [6.07, 6.45) is -1.16. The van der Waals surface area contributed by atoms with Gasteiger partial charge >= 0.3 is 12.1 Å². The predicted octanol–water partition coefficient (Wildman–Crippen LogP) is 1.04. The number of urea groups is 1. The number of carbonyl (C=O) groups is 2. The average Bonchev–Trinajstić information content (AvgIpc) is 3.16. The summed E-state index contributed by atoms with van der Waals surface area (Å²) in [6, 6.07) is 5.41. The number of amides is 3. The van der Waals surface area contributed by atoms with E-state index >= 15 is 0 Å². The van der Waals surface area contributed by atoms with E-state index < -0.39 is 22.8 Å². The zero-order chi connectivity index (χ0) is 18.9. The highest BCUT2D eigenvalue weighted by molar-refractivity contribution is 5.78. The molecule has 2 fully saturated rings. The van der Waals surface area contributed by atoms with Crippen molar-refractivity contribution in [3.8, 4) is 0 Å². The molecule has 0 radical (unpaired) electrons. The molecule has 1 aromatic carbocycles. The lowest BCUT2D eigenvalue weighted by Gasteiger charge is -2.40. The van der Waals surface area contributed by atoms with E-state index in [0.29, 0.717) is 18.7 Å². The van der Waals surface area contributed by atoms with Crippen LogP contribution in [0.25, 0.3) is 0 Å². The fourth-order valence-electron chi connectivity index (χ4n) is 3.42. The van der Waals surface area contributed by atoms with Crippen LogP contribution in [-0.2, 0) is 11.3 Å². The maximum absolute atomic E-state index is 12.5. The second-order valence-electron chi connectivity index (χ2n) is 6.55. The van der Waals surface area contributed by atoms with Gasteiger partial charge in [0.15, 0.2) is 0 Å². The zero-order valence-electron chi connectivity index (χ0n) is 14.3. The Morgan fingerprint density at radius 1 is 1.46 bits per heavy atom. The molecule has 10 heteroatoms. The molecule has 0 unspecified atom stereocenters. The number of likely N-dealkylation sites (tertiary alicyclic amines) is 1. The van der Waals surface area contributed by atoms with Gasteiger partial charge in [0.1, 0.15) is 12.3 Å². The summed E-state index contributed by atoms with van der Waals surface area (Å²) in [7, 11) is 0. The molecule has 140 valence electrons. The fraction of sp³-hybridized carbons (Fsp3) is 0.500. The minimum Gasteiger partial charge on any atom is -0.444 e. The van der Waals surface area contributed by atoms with Crippen molar-refractivity contribution in [1.82, 2.24) is 15.1 Å². The van der Waals surface area contributed by atoms with E-state index in [1.807, 2.05) is 0 Å². The SMILES string of the molecule is C[C@@]1(N2CCNC2=O)C[C@@H](O)CN1C(=O)OCc1ccc([N+](=O)[O-])cc1. The molecule has 3 amide bonds. The molecule has 2 atom stereocenters. The fourth-order valence-corrected chi connectivity index (χ4v) is 3.42. The quantitative estimate of drug-likeness (QED) is 0.607. The number of ether oxygens (including phenoxy) is 1. The van der Waals surface area contributed by atoms with Gasteiger partial charge in [-0.15, -0.1) is 0 Å².